The maximum absolute atomic E-state index is 13.1. The fourth-order valence-corrected chi connectivity index (χ4v) is 4.11. The normalized spacial score (nSPS) is 12.2. The van der Waals surface area contributed by atoms with E-state index in [1.54, 1.807) is 25.4 Å². The van der Waals surface area contributed by atoms with Crippen molar-refractivity contribution in [3.8, 4) is 6.07 Å². The van der Waals surface area contributed by atoms with E-state index in [0.29, 0.717) is 34.7 Å². The first kappa shape index (κ1) is 24.8. The molecule has 1 aliphatic carbocycles. The van der Waals surface area contributed by atoms with E-state index in [0.717, 1.165) is 40.8 Å². The summed E-state index contributed by atoms with van der Waals surface area (Å²) in [7, 11) is 0. The summed E-state index contributed by atoms with van der Waals surface area (Å²) in [5, 5.41) is 18.0. The molecular weight excluding hydrogens is 452 g/mol. The van der Waals surface area contributed by atoms with Crippen LogP contribution in [0.1, 0.15) is 61.6 Å². The zero-order valence-electron chi connectivity index (χ0n) is 20.6. The van der Waals surface area contributed by atoms with Crippen LogP contribution in [0.3, 0.4) is 0 Å². The molecule has 1 aromatic carbocycles. The van der Waals surface area contributed by atoms with Crippen LogP contribution in [-0.2, 0) is 11.2 Å². The molecule has 0 unspecified atom stereocenters. The number of allylic oxidation sites excluding steroid dienone is 1. The molecule has 188 valence electrons. The molecule has 0 bridgehead atoms. The van der Waals surface area contributed by atoms with E-state index in [-0.39, 0.29) is 22.6 Å². The highest BCUT2D eigenvalue weighted by Gasteiger charge is 2.17. The minimum Gasteiger partial charge on any atom is -0.324 e. The number of amides is 2. The minimum absolute atomic E-state index is 0. The molecule has 0 saturated heterocycles. The Balaban J connectivity index is 0.00000253. The van der Waals surface area contributed by atoms with E-state index in [4.69, 9.17) is 0 Å². The summed E-state index contributed by atoms with van der Waals surface area (Å²) in [6, 6.07) is 11.6. The topological polar surface area (TPSA) is 120 Å². The Morgan fingerprint density at radius 2 is 1.89 bits per heavy atom. The number of hydrogen-bond donors (Lipinski definition) is 3. The van der Waals surface area contributed by atoms with Crippen molar-refractivity contribution in [2.24, 2.45) is 0 Å². The molecule has 0 radical (unpaired) electrons. The molecule has 36 heavy (non-hydrogen) atoms. The second-order valence-corrected chi connectivity index (χ2v) is 8.77. The molecule has 8 nitrogen and oxygen atoms in total. The van der Waals surface area contributed by atoms with Gasteiger partial charge >= 0.3 is 0 Å². The monoisotopic (exact) mass is 486 g/mol. The van der Waals surface area contributed by atoms with Gasteiger partial charge in [-0.3, -0.25) is 19.6 Å². The third kappa shape index (κ3) is 5.82. The molecule has 0 atom stereocenters. The number of hydrogen-bond acceptors (Lipinski definition) is 6. The highest BCUT2D eigenvalue weighted by Crippen LogP contribution is 2.31. The van der Waals surface area contributed by atoms with Gasteiger partial charge in [-0.1, -0.05) is 13.0 Å². The second-order valence-electron chi connectivity index (χ2n) is 8.77. The summed E-state index contributed by atoms with van der Waals surface area (Å²) in [5.74, 6) is -0.495. The van der Waals surface area contributed by atoms with Gasteiger partial charge in [0.2, 0.25) is 5.91 Å². The molecular formula is C28H34N6O2. The number of carbonyl (C=O) groups is 2. The predicted octanol–water partition coefficient (Wildman–Crippen LogP) is 4.99. The van der Waals surface area contributed by atoms with Crippen molar-refractivity contribution in [2.75, 3.05) is 23.7 Å². The molecule has 2 heterocycles. The molecule has 2 aromatic heterocycles. The van der Waals surface area contributed by atoms with Crippen LogP contribution in [0.15, 0.2) is 42.7 Å². The maximum Gasteiger partial charge on any atom is 0.257 e. The summed E-state index contributed by atoms with van der Waals surface area (Å²) in [4.78, 5) is 33.9. The lowest BCUT2D eigenvalue weighted by Gasteiger charge is -2.18. The summed E-state index contributed by atoms with van der Waals surface area (Å²) in [6.07, 6.45) is 6.77. The van der Waals surface area contributed by atoms with Gasteiger partial charge in [-0.2, -0.15) is 5.26 Å². The molecule has 2 amide bonds. The van der Waals surface area contributed by atoms with Crippen LogP contribution in [0.5, 0.6) is 0 Å². The number of fused-ring (bicyclic) bond motifs is 1. The molecule has 8 heteroatoms. The van der Waals surface area contributed by atoms with Crippen molar-refractivity contribution >= 4 is 34.8 Å². The van der Waals surface area contributed by atoms with Crippen molar-refractivity contribution in [2.45, 2.75) is 33.6 Å². The Labute approximate surface area is 214 Å². The predicted molar refractivity (Wildman–Crippen MR) is 147 cm³/mol. The third-order valence-corrected chi connectivity index (χ3v) is 5.96. The zero-order valence-corrected chi connectivity index (χ0v) is 20.6. The van der Waals surface area contributed by atoms with Gasteiger partial charge in [0.05, 0.1) is 47.0 Å². The number of pyridine rings is 2. The molecule has 0 aliphatic heterocycles. The van der Waals surface area contributed by atoms with Gasteiger partial charge in [0.25, 0.3) is 5.91 Å². The number of carbonyl (C=O) groups excluding carboxylic acids is 2. The van der Waals surface area contributed by atoms with Crippen molar-refractivity contribution in [3.63, 3.8) is 0 Å². The quantitative estimate of drug-likeness (QED) is 0.433. The van der Waals surface area contributed by atoms with E-state index in [2.05, 4.69) is 38.1 Å². The van der Waals surface area contributed by atoms with Gasteiger partial charge in [-0.05, 0) is 85.8 Å². The fraction of sp³-hybridized carbons (Fsp3) is 0.250. The van der Waals surface area contributed by atoms with Crippen LogP contribution in [0.4, 0.5) is 11.4 Å². The standard InChI is InChI=1S/C28H28N6O2.3H2/c1-4-30-16-27(35)33-24-12-26(18(3)31-15-24)34-28(36)23-11-22-10-20(5-6-25(22)32-14-23)21-8-17(2)7-19(9-21)13-29;;;/h7-12,14-15,30H,4-6,16H2,1-3H3,(H,33,35)(H,34,36);3*1H. The fourth-order valence-electron chi connectivity index (χ4n) is 4.11. The molecule has 0 fully saturated rings. The number of benzene rings is 1. The van der Waals surface area contributed by atoms with Gasteiger partial charge in [-0.25, -0.2) is 0 Å². The summed E-state index contributed by atoms with van der Waals surface area (Å²) >= 11 is 0. The van der Waals surface area contributed by atoms with E-state index >= 15 is 0 Å². The van der Waals surface area contributed by atoms with Gasteiger partial charge in [0.15, 0.2) is 0 Å². The highest BCUT2D eigenvalue weighted by atomic mass is 16.2. The summed E-state index contributed by atoms with van der Waals surface area (Å²) in [5.41, 5.74) is 7.70. The van der Waals surface area contributed by atoms with Gasteiger partial charge in [0.1, 0.15) is 0 Å². The number of aromatic nitrogens is 2. The molecule has 3 aromatic rings. The van der Waals surface area contributed by atoms with Crippen LogP contribution < -0.4 is 16.0 Å². The van der Waals surface area contributed by atoms with Gasteiger partial charge in [0, 0.05) is 16.2 Å². The molecule has 0 saturated carbocycles. The Hall–Kier alpha value is -4.35. The van der Waals surface area contributed by atoms with Crippen molar-refractivity contribution in [3.05, 3.63) is 81.9 Å². The molecule has 1 aliphatic rings. The number of nitrogens with one attached hydrogen (secondary N) is 3. The van der Waals surface area contributed by atoms with Crippen LogP contribution in [0.25, 0.3) is 11.6 Å². The van der Waals surface area contributed by atoms with Crippen LogP contribution >= 0.6 is 0 Å². The number of nitriles is 1. The Bertz CT molecular complexity index is 1420. The van der Waals surface area contributed by atoms with Crippen molar-refractivity contribution < 1.29 is 13.9 Å². The van der Waals surface area contributed by atoms with Crippen LogP contribution in [0, 0.1) is 25.2 Å². The molecule has 3 N–H and O–H groups in total. The third-order valence-electron chi connectivity index (χ3n) is 5.96. The van der Waals surface area contributed by atoms with Gasteiger partial charge in [-0.15, -0.1) is 0 Å². The second kappa shape index (κ2) is 10.9. The lowest BCUT2D eigenvalue weighted by molar-refractivity contribution is -0.115. The first-order valence-electron chi connectivity index (χ1n) is 11.9. The average Bonchev–Trinajstić information content (AvgIpc) is 2.88. The number of likely N-dealkylation sites (N-methyl/N-ethyl adjacent to an activating group) is 1. The first-order valence-corrected chi connectivity index (χ1v) is 11.9. The lowest BCUT2D eigenvalue weighted by atomic mass is 9.89. The van der Waals surface area contributed by atoms with Crippen molar-refractivity contribution in [1.82, 2.24) is 15.3 Å². The SMILES string of the molecule is CCNCC(=O)Nc1cnc(C)c(NC(=O)c2cnc3c(c2)C=C(c2cc(C)cc(C#N)c2)CC3)c1.[HH].[HH].[HH]. The largest absolute Gasteiger partial charge is 0.324 e. The van der Waals surface area contributed by atoms with Crippen LogP contribution in [-0.4, -0.2) is 34.9 Å². The van der Waals surface area contributed by atoms with E-state index in [9.17, 15) is 14.9 Å². The Kier molecular flexibility index (Phi) is 7.52. The molecule has 4 rings (SSSR count). The summed E-state index contributed by atoms with van der Waals surface area (Å²) in [6.45, 7) is 6.58. The van der Waals surface area contributed by atoms with E-state index < -0.39 is 0 Å². The number of aryl methyl sites for hydroxylation is 3. The smallest absolute Gasteiger partial charge is 0.257 e. The Morgan fingerprint density at radius 3 is 2.67 bits per heavy atom. The molecule has 0 spiro atoms. The lowest BCUT2D eigenvalue weighted by Crippen LogP contribution is -2.27. The number of rotatable bonds is 7. The van der Waals surface area contributed by atoms with Gasteiger partial charge < -0.3 is 16.0 Å². The zero-order chi connectivity index (χ0) is 25.7. The summed E-state index contributed by atoms with van der Waals surface area (Å²) < 4.78 is 0. The minimum atomic E-state index is -0.311. The highest BCUT2D eigenvalue weighted by molar-refractivity contribution is 6.05. The maximum atomic E-state index is 13.1. The number of anilines is 2. The average molecular weight is 487 g/mol. The van der Waals surface area contributed by atoms with Crippen LogP contribution in [0.2, 0.25) is 0 Å². The van der Waals surface area contributed by atoms with E-state index in [1.807, 2.05) is 38.1 Å². The van der Waals surface area contributed by atoms with E-state index in [1.165, 1.54) is 0 Å². The van der Waals surface area contributed by atoms with Crippen molar-refractivity contribution in [1.29, 1.82) is 5.26 Å². The number of nitrogens with zero attached hydrogens (tertiary/aromatic N) is 3. The Morgan fingerprint density at radius 1 is 1.06 bits per heavy atom. The first-order chi connectivity index (χ1) is 17.4.